The molecule has 3 aliphatic rings. The summed E-state index contributed by atoms with van der Waals surface area (Å²) in [6.07, 6.45) is 3.65. The second-order valence-corrected chi connectivity index (χ2v) is 9.85. The summed E-state index contributed by atoms with van der Waals surface area (Å²) in [5.74, 6) is -0.465. The number of amides is 2. The summed E-state index contributed by atoms with van der Waals surface area (Å²) < 4.78 is 5.79. The van der Waals surface area contributed by atoms with Crippen LogP contribution < -0.4 is 45.7 Å². The average molecular weight is 520 g/mol. The molecule has 4 rings (SSSR count). The van der Waals surface area contributed by atoms with Crippen LogP contribution in [0.1, 0.15) is 31.4 Å². The molecule has 0 radical (unpaired) electrons. The van der Waals surface area contributed by atoms with Gasteiger partial charge in [0, 0.05) is 23.4 Å². The van der Waals surface area contributed by atoms with Gasteiger partial charge < -0.3 is 25.7 Å². The smallest absolute Gasteiger partial charge is 0.863 e. The SMILES string of the molecule is CO/N=C(/C(=O)NC1C(=O)N2C(C([O-])=S)=C(CC3CCCCO3)CS[C@H]12)c1csc(N)n1.[Na+]. The summed E-state index contributed by atoms with van der Waals surface area (Å²) in [5, 5.41) is 19.5. The molecule has 1 aromatic rings. The van der Waals surface area contributed by atoms with Crippen molar-refractivity contribution in [2.24, 2.45) is 5.16 Å². The van der Waals surface area contributed by atoms with Gasteiger partial charge in [-0.1, -0.05) is 17.4 Å². The van der Waals surface area contributed by atoms with E-state index in [9.17, 15) is 14.7 Å². The van der Waals surface area contributed by atoms with Crippen molar-refractivity contribution in [1.82, 2.24) is 15.2 Å². The van der Waals surface area contributed by atoms with Crippen LogP contribution in [-0.4, -0.2) is 69.4 Å². The van der Waals surface area contributed by atoms with Crippen LogP contribution in [0.5, 0.6) is 0 Å². The van der Waals surface area contributed by atoms with E-state index in [1.165, 1.54) is 23.8 Å². The summed E-state index contributed by atoms with van der Waals surface area (Å²) in [6, 6.07) is -0.817. The number of nitrogens with one attached hydrogen (secondary N) is 1. The third-order valence-electron chi connectivity index (χ3n) is 5.44. The number of thioether (sulfide) groups is 1. The van der Waals surface area contributed by atoms with Gasteiger partial charge in [-0.3, -0.25) is 14.5 Å². The van der Waals surface area contributed by atoms with E-state index in [4.69, 9.17) is 27.5 Å². The van der Waals surface area contributed by atoms with Crippen molar-refractivity contribution in [3.8, 4) is 0 Å². The summed E-state index contributed by atoms with van der Waals surface area (Å²) in [7, 11) is 1.31. The minimum Gasteiger partial charge on any atom is -0.863 e. The topological polar surface area (TPSA) is 142 Å². The van der Waals surface area contributed by atoms with Crippen LogP contribution in [0.25, 0.3) is 0 Å². The first-order valence-electron chi connectivity index (χ1n) is 10.0. The zero-order chi connectivity index (χ0) is 22.8. The summed E-state index contributed by atoms with van der Waals surface area (Å²) in [5.41, 5.74) is 6.90. The number of anilines is 1. The molecule has 0 saturated carbocycles. The summed E-state index contributed by atoms with van der Waals surface area (Å²) in [6.45, 7) is 0.706. The fourth-order valence-electron chi connectivity index (χ4n) is 3.97. The molecular weight excluding hydrogens is 497 g/mol. The molecule has 3 N–H and O–H groups in total. The average Bonchev–Trinajstić information content (AvgIpc) is 3.21. The number of rotatable bonds is 7. The molecule has 172 valence electrons. The fraction of sp³-hybridized carbons (Fsp3) is 0.526. The van der Waals surface area contributed by atoms with Gasteiger partial charge in [-0.25, -0.2) is 4.98 Å². The Hall–Kier alpha value is -1.22. The molecule has 0 spiro atoms. The number of hydrogen-bond donors (Lipinski definition) is 2. The van der Waals surface area contributed by atoms with E-state index in [1.807, 2.05) is 0 Å². The van der Waals surface area contributed by atoms with Crippen molar-refractivity contribution in [1.29, 1.82) is 0 Å². The Morgan fingerprint density at radius 3 is 2.91 bits per heavy atom. The van der Waals surface area contributed by atoms with E-state index >= 15 is 0 Å². The molecule has 33 heavy (non-hydrogen) atoms. The van der Waals surface area contributed by atoms with Gasteiger partial charge in [0.15, 0.2) is 10.8 Å². The molecule has 3 aliphatic heterocycles. The van der Waals surface area contributed by atoms with Crippen LogP contribution >= 0.6 is 35.3 Å². The maximum absolute atomic E-state index is 12.9. The normalized spacial score (nSPS) is 25.0. The molecular formula is C19H22N5NaO5S3. The first kappa shape index (κ1) is 26.4. The Kier molecular flexibility index (Phi) is 9.17. The van der Waals surface area contributed by atoms with Gasteiger partial charge in [-0.15, -0.1) is 23.1 Å². The monoisotopic (exact) mass is 519 g/mol. The Morgan fingerprint density at radius 2 is 2.30 bits per heavy atom. The second kappa shape index (κ2) is 11.5. The van der Waals surface area contributed by atoms with Crippen molar-refractivity contribution in [2.45, 2.75) is 43.2 Å². The number of hydrogen-bond acceptors (Lipinski definition) is 11. The van der Waals surface area contributed by atoms with Gasteiger partial charge in [0.1, 0.15) is 24.2 Å². The number of ether oxygens (including phenoxy) is 1. The maximum Gasteiger partial charge on any atom is 1.00 e. The van der Waals surface area contributed by atoms with Crippen LogP contribution in [-0.2, 0) is 19.2 Å². The van der Waals surface area contributed by atoms with Gasteiger partial charge >= 0.3 is 29.6 Å². The van der Waals surface area contributed by atoms with E-state index in [1.54, 1.807) is 5.38 Å². The predicted molar refractivity (Wildman–Crippen MR) is 123 cm³/mol. The number of thiazole rings is 1. The Balaban J connectivity index is 0.00000306. The molecule has 3 atom stereocenters. The third-order valence-corrected chi connectivity index (χ3v) is 7.64. The molecule has 1 aromatic heterocycles. The fourth-order valence-corrected chi connectivity index (χ4v) is 6.13. The van der Waals surface area contributed by atoms with Crippen molar-refractivity contribution in [3.05, 3.63) is 22.3 Å². The molecule has 2 unspecified atom stereocenters. The van der Waals surface area contributed by atoms with E-state index < -0.39 is 22.4 Å². The van der Waals surface area contributed by atoms with Gasteiger partial charge in [-0.2, -0.15) is 0 Å². The zero-order valence-electron chi connectivity index (χ0n) is 18.2. The third kappa shape index (κ3) is 5.55. The Morgan fingerprint density at radius 1 is 1.52 bits per heavy atom. The first-order valence-corrected chi connectivity index (χ1v) is 12.4. The van der Waals surface area contributed by atoms with E-state index in [-0.39, 0.29) is 63.8 Å². The maximum atomic E-state index is 12.9. The van der Waals surface area contributed by atoms with E-state index in [2.05, 4.69) is 15.5 Å². The number of oxime groups is 1. The number of carbonyl (C=O) groups is 2. The molecule has 4 heterocycles. The van der Waals surface area contributed by atoms with Crippen LogP contribution in [0.15, 0.2) is 21.8 Å². The van der Waals surface area contributed by atoms with Crippen molar-refractivity contribution in [2.75, 3.05) is 25.2 Å². The minimum atomic E-state index is -0.817. The number of nitrogens with two attached hydrogens (primary N) is 1. The number of fused-ring (bicyclic) bond motifs is 1. The number of carbonyl (C=O) groups excluding carboxylic acids is 2. The predicted octanol–water partition coefficient (Wildman–Crippen LogP) is -2.62. The van der Waals surface area contributed by atoms with Crippen LogP contribution in [0.3, 0.4) is 0 Å². The molecule has 0 bridgehead atoms. The number of aromatic nitrogens is 1. The van der Waals surface area contributed by atoms with Gasteiger partial charge in [0.25, 0.3) is 11.8 Å². The van der Waals surface area contributed by atoms with Crippen LogP contribution in [0.2, 0.25) is 0 Å². The summed E-state index contributed by atoms with van der Waals surface area (Å²) >= 11 is 7.59. The molecule has 2 saturated heterocycles. The number of β-lactam (4-membered cyclic amide) rings is 1. The Bertz CT molecular complexity index is 994. The molecule has 0 aliphatic carbocycles. The quantitative estimate of drug-likeness (QED) is 0.130. The van der Waals surface area contributed by atoms with Gasteiger partial charge in [0.05, 0.1) is 6.10 Å². The van der Waals surface area contributed by atoms with E-state index in [0.717, 1.165) is 36.2 Å². The van der Waals surface area contributed by atoms with Gasteiger partial charge in [-0.05, 0) is 36.3 Å². The van der Waals surface area contributed by atoms with Crippen LogP contribution in [0.4, 0.5) is 5.13 Å². The minimum absolute atomic E-state index is 0. The number of thiocarbonyl (C=S) groups is 1. The standard InChI is InChI=1S/C19H23N5O5S3.Na/c1-28-23-12(11-8-32-19(20)21-11)15(25)22-13-16(26)24-14(18(27)30)9(7-31-17(13)24)6-10-4-2-3-5-29-10;/h8,10,13,17H,2-7H2,1H3,(H2,20,21)(H,22,25)(H,27,30);/q;+1/p-1/b23-12+;/t10?,13?,17-;/m1./s1. The van der Waals surface area contributed by atoms with Gasteiger partial charge in [0.2, 0.25) is 0 Å². The second-order valence-electron chi connectivity index (χ2n) is 7.49. The van der Waals surface area contributed by atoms with Crippen molar-refractivity contribution < 1.29 is 53.8 Å². The molecule has 14 heteroatoms. The Labute approximate surface area is 226 Å². The number of nitrogens with zero attached hydrogens (tertiary/aromatic N) is 3. The zero-order valence-corrected chi connectivity index (χ0v) is 22.7. The van der Waals surface area contributed by atoms with Crippen molar-refractivity contribution in [3.63, 3.8) is 0 Å². The van der Waals surface area contributed by atoms with Crippen molar-refractivity contribution >= 4 is 63.0 Å². The van der Waals surface area contributed by atoms with E-state index in [0.29, 0.717) is 18.8 Å². The van der Waals surface area contributed by atoms with Crippen LogP contribution in [0, 0.1) is 0 Å². The first-order chi connectivity index (χ1) is 15.4. The molecule has 2 amide bonds. The molecule has 2 fully saturated rings. The largest absolute Gasteiger partial charge is 1.00 e. The number of nitrogen functional groups attached to an aromatic ring is 1. The molecule has 0 aromatic carbocycles. The summed E-state index contributed by atoms with van der Waals surface area (Å²) in [4.78, 5) is 36.0. The molecule has 10 nitrogen and oxygen atoms in total.